The molecule has 1 amide bonds. The van der Waals surface area contributed by atoms with Gasteiger partial charge in [-0.2, -0.15) is 9.67 Å². The predicted molar refractivity (Wildman–Crippen MR) is 92.0 cm³/mol. The third-order valence-electron chi connectivity index (χ3n) is 4.23. The van der Waals surface area contributed by atoms with Gasteiger partial charge < -0.3 is 4.74 Å². The zero-order chi connectivity index (χ0) is 18.3. The Bertz CT molecular complexity index is 1040. The fourth-order valence-electron chi connectivity index (χ4n) is 2.95. The molecule has 1 aromatic heterocycles. The summed E-state index contributed by atoms with van der Waals surface area (Å²) in [5, 5.41) is 4.23. The van der Waals surface area contributed by atoms with Gasteiger partial charge in [0.15, 0.2) is 5.82 Å². The molecule has 0 N–H and O–H groups in total. The molecule has 0 atom stereocenters. The van der Waals surface area contributed by atoms with Crippen molar-refractivity contribution in [3.8, 4) is 5.75 Å². The highest BCUT2D eigenvalue weighted by molar-refractivity contribution is 5.96. The molecule has 4 rings (SSSR count). The van der Waals surface area contributed by atoms with Crippen molar-refractivity contribution >= 4 is 11.7 Å². The van der Waals surface area contributed by atoms with Crippen molar-refractivity contribution in [1.29, 1.82) is 0 Å². The maximum Gasteiger partial charge on any atom is 0.354 e. The molecule has 0 aliphatic carbocycles. The van der Waals surface area contributed by atoms with Crippen LogP contribution in [0.4, 0.5) is 14.9 Å². The smallest absolute Gasteiger partial charge is 0.354 e. The van der Waals surface area contributed by atoms with E-state index in [1.807, 2.05) is 0 Å². The Kier molecular flexibility index (Phi) is 3.80. The van der Waals surface area contributed by atoms with Crippen LogP contribution in [0, 0.1) is 5.82 Å². The minimum Gasteiger partial charge on any atom is -0.497 e. The number of hydrogen-bond donors (Lipinski definition) is 0. The molecule has 132 valence electrons. The molecule has 3 aromatic rings. The molecule has 0 spiro atoms. The Morgan fingerprint density at radius 3 is 2.58 bits per heavy atom. The summed E-state index contributed by atoms with van der Waals surface area (Å²) >= 11 is 0. The SMILES string of the molecule is COc1ccc(N2Cc3nn(Cc4cccc(F)c4)c(=O)n3C2=O)cc1. The van der Waals surface area contributed by atoms with E-state index in [2.05, 4.69) is 5.10 Å². The van der Waals surface area contributed by atoms with Gasteiger partial charge in [-0.3, -0.25) is 4.90 Å². The Labute approximate surface area is 147 Å². The number of ether oxygens (including phenoxy) is 1. The van der Waals surface area contributed by atoms with Gasteiger partial charge in [0.25, 0.3) is 0 Å². The van der Waals surface area contributed by atoms with Crippen LogP contribution >= 0.6 is 0 Å². The van der Waals surface area contributed by atoms with E-state index >= 15 is 0 Å². The normalized spacial score (nSPS) is 13.2. The van der Waals surface area contributed by atoms with Gasteiger partial charge >= 0.3 is 11.7 Å². The first-order valence-electron chi connectivity index (χ1n) is 7.96. The molecular formula is C18H15FN4O3. The lowest BCUT2D eigenvalue weighted by Gasteiger charge is -2.15. The van der Waals surface area contributed by atoms with Crippen LogP contribution in [0.3, 0.4) is 0 Å². The second-order valence-corrected chi connectivity index (χ2v) is 5.89. The Morgan fingerprint density at radius 1 is 1.15 bits per heavy atom. The van der Waals surface area contributed by atoms with E-state index in [0.717, 1.165) is 4.57 Å². The van der Waals surface area contributed by atoms with E-state index in [9.17, 15) is 14.0 Å². The van der Waals surface area contributed by atoms with Crippen LogP contribution in [0.5, 0.6) is 5.75 Å². The molecule has 2 heterocycles. The van der Waals surface area contributed by atoms with Crippen molar-refractivity contribution in [3.63, 3.8) is 0 Å². The van der Waals surface area contributed by atoms with Crippen LogP contribution in [-0.4, -0.2) is 27.5 Å². The molecule has 0 unspecified atom stereocenters. The van der Waals surface area contributed by atoms with E-state index in [1.165, 1.54) is 21.7 Å². The highest BCUT2D eigenvalue weighted by Crippen LogP contribution is 2.24. The summed E-state index contributed by atoms with van der Waals surface area (Å²) in [5.41, 5.74) is 0.714. The summed E-state index contributed by atoms with van der Waals surface area (Å²) in [6.45, 7) is 0.295. The van der Waals surface area contributed by atoms with Gasteiger partial charge in [0.05, 0.1) is 20.2 Å². The first kappa shape index (κ1) is 16.1. The van der Waals surface area contributed by atoms with Gasteiger partial charge in [-0.05, 0) is 42.0 Å². The topological polar surface area (TPSA) is 69.4 Å². The van der Waals surface area contributed by atoms with Crippen LogP contribution in [0.1, 0.15) is 11.4 Å². The van der Waals surface area contributed by atoms with Gasteiger partial charge in [-0.25, -0.2) is 18.7 Å². The van der Waals surface area contributed by atoms with E-state index in [1.54, 1.807) is 43.5 Å². The molecule has 1 aliphatic rings. The number of methoxy groups -OCH3 is 1. The van der Waals surface area contributed by atoms with Gasteiger partial charge in [0, 0.05) is 5.69 Å². The largest absolute Gasteiger partial charge is 0.497 e. The van der Waals surface area contributed by atoms with Crippen LogP contribution < -0.4 is 15.3 Å². The van der Waals surface area contributed by atoms with Crippen molar-refractivity contribution < 1.29 is 13.9 Å². The average Bonchev–Trinajstić information content (AvgIpc) is 3.12. The van der Waals surface area contributed by atoms with Crippen LogP contribution in [0.2, 0.25) is 0 Å². The number of carbonyl (C=O) groups is 1. The number of anilines is 1. The second kappa shape index (κ2) is 6.14. The second-order valence-electron chi connectivity index (χ2n) is 5.89. The summed E-state index contributed by atoms with van der Waals surface area (Å²) in [5.74, 6) is 0.645. The van der Waals surface area contributed by atoms with E-state index < -0.39 is 11.7 Å². The maximum atomic E-state index is 13.3. The van der Waals surface area contributed by atoms with E-state index in [4.69, 9.17) is 4.74 Å². The fourth-order valence-corrected chi connectivity index (χ4v) is 2.95. The standard InChI is InChI=1S/C18H15FN4O3/c1-26-15-7-5-14(6-8-15)21-11-16-20-22(18(25)23(16)17(21)24)10-12-3-2-4-13(19)9-12/h2-9H,10-11H2,1H3. The number of halogens is 1. The van der Waals surface area contributed by atoms with Gasteiger partial charge in [0.2, 0.25) is 0 Å². The van der Waals surface area contributed by atoms with Crippen LogP contribution in [0.15, 0.2) is 53.3 Å². The molecule has 26 heavy (non-hydrogen) atoms. The highest BCUT2D eigenvalue weighted by Gasteiger charge is 2.33. The number of aromatic nitrogens is 3. The number of fused-ring (bicyclic) bond motifs is 1. The molecule has 2 aromatic carbocycles. The monoisotopic (exact) mass is 354 g/mol. The predicted octanol–water partition coefficient (Wildman–Crippen LogP) is 2.23. The van der Waals surface area contributed by atoms with E-state index in [-0.39, 0.29) is 18.9 Å². The first-order valence-corrected chi connectivity index (χ1v) is 7.96. The number of hydrogen-bond acceptors (Lipinski definition) is 4. The number of nitrogens with zero attached hydrogens (tertiary/aromatic N) is 4. The minimum absolute atomic E-state index is 0.104. The lowest BCUT2D eigenvalue weighted by atomic mass is 10.2. The highest BCUT2D eigenvalue weighted by atomic mass is 19.1. The first-order chi connectivity index (χ1) is 12.6. The Balaban J connectivity index is 1.61. The summed E-state index contributed by atoms with van der Waals surface area (Å²) in [4.78, 5) is 26.6. The molecular weight excluding hydrogens is 339 g/mol. The van der Waals surface area contributed by atoms with Gasteiger partial charge in [-0.15, -0.1) is 0 Å². The Hall–Kier alpha value is -3.42. The molecule has 8 heteroatoms. The van der Waals surface area contributed by atoms with Crippen molar-refractivity contribution in [2.75, 3.05) is 12.0 Å². The van der Waals surface area contributed by atoms with Gasteiger partial charge in [0.1, 0.15) is 11.6 Å². The minimum atomic E-state index is -0.537. The molecule has 0 fully saturated rings. The van der Waals surface area contributed by atoms with Crippen molar-refractivity contribution in [2.45, 2.75) is 13.1 Å². The van der Waals surface area contributed by atoms with Crippen molar-refractivity contribution in [3.05, 3.63) is 76.2 Å². The third kappa shape index (κ3) is 2.65. The molecule has 0 saturated carbocycles. The lowest BCUT2D eigenvalue weighted by Crippen LogP contribution is -2.35. The van der Waals surface area contributed by atoms with Crippen LogP contribution in [0.25, 0.3) is 0 Å². The summed E-state index contributed by atoms with van der Waals surface area (Å²) in [6.07, 6.45) is 0. The molecule has 1 aliphatic heterocycles. The number of amides is 1. The number of benzene rings is 2. The van der Waals surface area contributed by atoms with E-state index in [0.29, 0.717) is 22.8 Å². The zero-order valence-electron chi connectivity index (χ0n) is 13.9. The molecule has 7 nitrogen and oxygen atoms in total. The van der Waals surface area contributed by atoms with Gasteiger partial charge in [-0.1, -0.05) is 12.1 Å². The third-order valence-corrected chi connectivity index (χ3v) is 4.23. The average molecular weight is 354 g/mol. The quantitative estimate of drug-likeness (QED) is 0.720. The Morgan fingerprint density at radius 2 is 1.92 bits per heavy atom. The lowest BCUT2D eigenvalue weighted by molar-refractivity contribution is 0.250. The number of carbonyl (C=O) groups excluding carboxylic acids is 1. The van der Waals surface area contributed by atoms with Crippen molar-refractivity contribution in [2.24, 2.45) is 0 Å². The molecule has 0 saturated heterocycles. The maximum absolute atomic E-state index is 13.3. The number of rotatable bonds is 4. The molecule has 0 bridgehead atoms. The van der Waals surface area contributed by atoms with Crippen molar-refractivity contribution in [1.82, 2.24) is 14.3 Å². The molecule has 0 radical (unpaired) electrons. The summed E-state index contributed by atoms with van der Waals surface area (Å²) in [7, 11) is 1.56. The summed E-state index contributed by atoms with van der Waals surface area (Å²) < 4.78 is 20.6. The summed E-state index contributed by atoms with van der Waals surface area (Å²) in [6, 6.07) is 12.4. The zero-order valence-corrected chi connectivity index (χ0v) is 13.9. The van der Waals surface area contributed by atoms with Crippen LogP contribution in [-0.2, 0) is 13.1 Å². The fraction of sp³-hybridized carbons (Fsp3) is 0.167.